The summed E-state index contributed by atoms with van der Waals surface area (Å²) in [5.41, 5.74) is 1.44. The largest absolute Gasteiger partial charge is 0.497 e. The summed E-state index contributed by atoms with van der Waals surface area (Å²) in [6.45, 7) is 0.891. The average molecular weight is 526 g/mol. The van der Waals surface area contributed by atoms with Gasteiger partial charge in [0.15, 0.2) is 11.6 Å². The molecule has 2 atom stereocenters. The van der Waals surface area contributed by atoms with Crippen LogP contribution in [0.5, 0.6) is 5.75 Å². The number of ether oxygens (including phenoxy) is 1. The summed E-state index contributed by atoms with van der Waals surface area (Å²) < 4.78 is 45.9. The van der Waals surface area contributed by atoms with Crippen LogP contribution in [0.2, 0.25) is 0 Å². The zero-order valence-electron chi connectivity index (χ0n) is 20.6. The Kier molecular flexibility index (Phi) is 8.48. The van der Waals surface area contributed by atoms with Gasteiger partial charge in [-0.1, -0.05) is 17.0 Å². The molecule has 1 aromatic heterocycles. The van der Waals surface area contributed by atoms with Crippen molar-refractivity contribution in [3.63, 3.8) is 0 Å². The zero-order chi connectivity index (χ0) is 27.2. The lowest BCUT2D eigenvalue weighted by Gasteiger charge is -2.35. The predicted octanol–water partition coefficient (Wildman–Crippen LogP) is 4.69. The molecule has 0 radical (unpaired) electrons. The second-order valence-corrected chi connectivity index (χ2v) is 9.11. The van der Waals surface area contributed by atoms with Crippen LogP contribution in [0.25, 0.3) is 10.9 Å². The van der Waals surface area contributed by atoms with Crippen molar-refractivity contribution < 1.29 is 33.0 Å². The van der Waals surface area contributed by atoms with Gasteiger partial charge < -0.3 is 15.1 Å². The monoisotopic (exact) mass is 525 g/mol. The van der Waals surface area contributed by atoms with Crippen molar-refractivity contribution in [2.24, 2.45) is 17.0 Å². The third-order valence-electron chi connectivity index (χ3n) is 6.81. The van der Waals surface area contributed by atoms with Crippen molar-refractivity contribution in [3.05, 3.63) is 71.2 Å². The van der Waals surface area contributed by atoms with Crippen LogP contribution in [-0.4, -0.2) is 58.6 Å². The maximum Gasteiger partial charge on any atom is 0.308 e. The highest BCUT2D eigenvalue weighted by Crippen LogP contribution is 2.30. The topological polar surface area (TPSA) is 95.2 Å². The fourth-order valence-corrected chi connectivity index (χ4v) is 4.80. The van der Waals surface area contributed by atoms with Crippen LogP contribution in [0.15, 0.2) is 47.8 Å². The first-order valence-corrected chi connectivity index (χ1v) is 12.0. The zero-order valence-corrected chi connectivity index (χ0v) is 20.6. The number of piperidine rings is 1. The van der Waals surface area contributed by atoms with E-state index in [2.05, 4.69) is 22.0 Å². The maximum absolute atomic E-state index is 13.8. The molecule has 2 N–H and O–H groups in total. The molecule has 38 heavy (non-hydrogen) atoms. The van der Waals surface area contributed by atoms with Gasteiger partial charge in [0.1, 0.15) is 11.6 Å². The molecule has 1 aliphatic rings. The van der Waals surface area contributed by atoms with Gasteiger partial charge in [-0.05, 0) is 62.1 Å². The van der Waals surface area contributed by atoms with E-state index in [4.69, 9.17) is 4.74 Å². The maximum atomic E-state index is 13.8. The van der Waals surface area contributed by atoms with Gasteiger partial charge in [0.05, 0.1) is 36.4 Å². The van der Waals surface area contributed by atoms with Crippen molar-refractivity contribution in [3.8, 4) is 17.6 Å². The molecule has 0 saturated carbocycles. The molecule has 0 amide bonds. The van der Waals surface area contributed by atoms with E-state index >= 15 is 0 Å². The van der Waals surface area contributed by atoms with Crippen LogP contribution in [0.3, 0.4) is 0 Å². The number of likely N-dealkylation sites (tertiary alicyclic amines) is 1. The smallest absolute Gasteiger partial charge is 0.308 e. The average Bonchev–Trinajstić information content (AvgIpc) is 2.91. The SMILES string of the molecule is COc1ccc2nccc(C(CC[C@@H]3CCN(CC#Cc4cc(F)cc(F)c4F)C[C@@H]3C(=O)O)=NO)c2c1. The molecule has 198 valence electrons. The lowest BCUT2D eigenvalue weighted by atomic mass is 9.81. The van der Waals surface area contributed by atoms with E-state index in [1.54, 1.807) is 25.4 Å². The number of pyridine rings is 1. The van der Waals surface area contributed by atoms with Crippen molar-refractivity contribution in [1.29, 1.82) is 0 Å². The van der Waals surface area contributed by atoms with Gasteiger partial charge in [-0.2, -0.15) is 0 Å². The van der Waals surface area contributed by atoms with Gasteiger partial charge in [0, 0.05) is 29.8 Å². The van der Waals surface area contributed by atoms with Crippen LogP contribution in [0, 0.1) is 41.1 Å². The number of hydrogen-bond donors (Lipinski definition) is 2. The van der Waals surface area contributed by atoms with Crippen molar-refractivity contribution >= 4 is 22.6 Å². The number of fused-ring (bicyclic) bond motifs is 1. The van der Waals surface area contributed by atoms with Crippen molar-refractivity contribution in [1.82, 2.24) is 9.88 Å². The molecule has 1 saturated heterocycles. The molecular weight excluding hydrogens is 499 g/mol. The predicted molar refractivity (Wildman–Crippen MR) is 135 cm³/mol. The first-order valence-electron chi connectivity index (χ1n) is 12.0. The minimum absolute atomic E-state index is 0.127. The highest BCUT2D eigenvalue weighted by atomic mass is 19.2. The number of rotatable bonds is 7. The fraction of sp³-hybridized carbons (Fsp3) is 0.321. The van der Waals surface area contributed by atoms with E-state index < -0.39 is 29.3 Å². The molecule has 1 aliphatic heterocycles. The van der Waals surface area contributed by atoms with Crippen molar-refractivity contribution in [2.75, 3.05) is 26.7 Å². The molecule has 2 aromatic carbocycles. The summed E-state index contributed by atoms with van der Waals surface area (Å²) in [7, 11) is 1.56. The van der Waals surface area contributed by atoms with Gasteiger partial charge in [0.2, 0.25) is 0 Å². The second kappa shape index (κ2) is 12.0. The minimum Gasteiger partial charge on any atom is -0.497 e. The van der Waals surface area contributed by atoms with E-state index in [9.17, 15) is 28.3 Å². The second-order valence-electron chi connectivity index (χ2n) is 9.11. The van der Waals surface area contributed by atoms with Crippen LogP contribution in [0.1, 0.15) is 30.4 Å². The van der Waals surface area contributed by atoms with E-state index in [-0.39, 0.29) is 24.6 Å². The number of aromatic nitrogens is 1. The Balaban J connectivity index is 1.43. The summed E-state index contributed by atoms with van der Waals surface area (Å²) in [5, 5.41) is 23.9. The molecule has 1 fully saturated rings. The number of halogens is 3. The number of carbonyl (C=O) groups is 1. The normalized spacial score (nSPS) is 18.2. The van der Waals surface area contributed by atoms with E-state index in [0.717, 1.165) is 11.5 Å². The van der Waals surface area contributed by atoms with Crippen LogP contribution in [-0.2, 0) is 4.79 Å². The number of oxime groups is 1. The summed E-state index contributed by atoms with van der Waals surface area (Å²) >= 11 is 0. The molecule has 10 heteroatoms. The van der Waals surface area contributed by atoms with Gasteiger partial charge in [-0.25, -0.2) is 13.2 Å². The van der Waals surface area contributed by atoms with Gasteiger partial charge >= 0.3 is 5.97 Å². The molecule has 3 aromatic rings. The molecule has 0 aliphatic carbocycles. The quantitative estimate of drug-likeness (QED) is 0.153. The molecule has 0 bridgehead atoms. The number of carboxylic acids is 1. The number of benzene rings is 2. The molecular formula is C28H26F3N3O4. The van der Waals surface area contributed by atoms with E-state index in [1.807, 2.05) is 17.0 Å². The Labute approximate surface area is 217 Å². The number of nitrogens with zero attached hydrogens (tertiary/aromatic N) is 3. The Morgan fingerprint density at radius 3 is 2.79 bits per heavy atom. The lowest BCUT2D eigenvalue weighted by molar-refractivity contribution is -0.146. The first kappa shape index (κ1) is 26.9. The molecule has 7 nitrogen and oxygen atoms in total. The fourth-order valence-electron chi connectivity index (χ4n) is 4.80. The number of aliphatic carboxylic acids is 1. The van der Waals surface area contributed by atoms with E-state index in [1.165, 1.54) is 0 Å². The van der Waals surface area contributed by atoms with Crippen molar-refractivity contribution in [2.45, 2.75) is 19.3 Å². The van der Waals surface area contributed by atoms with Crippen LogP contribution >= 0.6 is 0 Å². The highest BCUT2D eigenvalue weighted by Gasteiger charge is 2.34. The Morgan fingerprint density at radius 2 is 2.05 bits per heavy atom. The van der Waals surface area contributed by atoms with Crippen LogP contribution < -0.4 is 4.74 Å². The number of carboxylic acid groups (broad SMARTS) is 1. The Morgan fingerprint density at radius 1 is 1.24 bits per heavy atom. The summed E-state index contributed by atoms with van der Waals surface area (Å²) in [5.74, 6) is 0.480. The molecule has 0 spiro atoms. The van der Waals surface area contributed by atoms with Gasteiger partial charge in [-0.15, -0.1) is 0 Å². The highest BCUT2D eigenvalue weighted by molar-refractivity contribution is 6.10. The summed E-state index contributed by atoms with van der Waals surface area (Å²) in [6, 6.07) is 8.43. The van der Waals surface area contributed by atoms with Crippen LogP contribution in [0.4, 0.5) is 13.2 Å². The Hall–Kier alpha value is -4.10. The lowest BCUT2D eigenvalue weighted by Crippen LogP contribution is -2.44. The molecule has 4 rings (SSSR count). The minimum atomic E-state index is -1.31. The van der Waals surface area contributed by atoms with E-state index in [0.29, 0.717) is 54.4 Å². The summed E-state index contributed by atoms with van der Waals surface area (Å²) in [6.07, 6.45) is 3.02. The summed E-state index contributed by atoms with van der Waals surface area (Å²) in [4.78, 5) is 18.2. The van der Waals surface area contributed by atoms with Gasteiger partial charge in [0.25, 0.3) is 0 Å². The standard InChI is InChI=1S/C28H26F3N3O4/c1-38-20-5-7-25-22(15-20)21(8-10-32-25)26(33-37)6-4-17-9-12-34(16-23(17)28(35)36)11-2-3-18-13-19(29)14-24(30)27(18)31/h5,7-8,10,13-15,17,23,37H,4,6,9,11-12,16H2,1H3,(H,35,36)/t17-,23+/m1/s1. The van der Waals surface area contributed by atoms with Gasteiger partial charge in [-0.3, -0.25) is 14.7 Å². The Bertz CT molecular complexity index is 1430. The third-order valence-corrected chi connectivity index (χ3v) is 6.81. The number of hydrogen-bond acceptors (Lipinski definition) is 6. The molecule has 2 heterocycles. The third kappa shape index (κ3) is 6.06. The first-order chi connectivity index (χ1) is 18.3. The number of methoxy groups -OCH3 is 1. The molecule has 0 unspecified atom stereocenters.